The molecule has 32 heavy (non-hydrogen) atoms. The molecule has 2 atom stereocenters. The van der Waals surface area contributed by atoms with Crippen molar-refractivity contribution in [1.82, 2.24) is 10.4 Å². The number of carboxylic acid groups (broad SMARTS) is 1. The highest BCUT2D eigenvalue weighted by Gasteiger charge is 2.31. The summed E-state index contributed by atoms with van der Waals surface area (Å²) in [6, 6.07) is 3.72. The van der Waals surface area contributed by atoms with Gasteiger partial charge < -0.3 is 19.7 Å². The van der Waals surface area contributed by atoms with Crippen molar-refractivity contribution in [2.24, 2.45) is 5.92 Å². The van der Waals surface area contributed by atoms with Gasteiger partial charge in [0.2, 0.25) is 5.91 Å². The minimum Gasteiger partial charge on any atom is -0.493 e. The highest BCUT2D eigenvalue weighted by atomic mass is 31.2. The Morgan fingerprint density at radius 3 is 2.47 bits per heavy atom. The van der Waals surface area contributed by atoms with E-state index in [1.54, 1.807) is 12.1 Å². The predicted molar refractivity (Wildman–Crippen MR) is 123 cm³/mol. The molecular weight excluding hydrogens is 435 g/mol. The van der Waals surface area contributed by atoms with Gasteiger partial charge in [-0.2, -0.15) is 5.09 Å². The van der Waals surface area contributed by atoms with E-state index >= 15 is 0 Å². The highest BCUT2D eigenvalue weighted by molar-refractivity contribution is 7.52. The topological polar surface area (TPSA) is 123 Å². The van der Waals surface area contributed by atoms with Crippen LogP contribution in [0, 0.1) is 5.92 Å². The van der Waals surface area contributed by atoms with Gasteiger partial charge in [0.05, 0.1) is 7.11 Å². The average molecular weight is 471 g/mol. The Balaban J connectivity index is 2.62. The Labute approximate surface area is 190 Å². The maximum absolute atomic E-state index is 12.7. The number of methoxy groups -OCH3 is 1. The number of allylic oxidation sites excluding steroid dienone is 2. The lowest BCUT2D eigenvalue weighted by molar-refractivity contribution is -0.138. The molecular formula is C22H35N2O7P. The number of carbonyl (C=O) groups excluding carboxylic acids is 1. The lowest BCUT2D eigenvalue weighted by Crippen LogP contribution is -2.33. The minimum atomic E-state index is -3.93. The zero-order valence-electron chi connectivity index (χ0n) is 19.4. The van der Waals surface area contributed by atoms with Crippen LogP contribution in [0.5, 0.6) is 11.5 Å². The summed E-state index contributed by atoms with van der Waals surface area (Å²) in [5.41, 5.74) is 0.765. The summed E-state index contributed by atoms with van der Waals surface area (Å²) in [5.74, 6) is -0.301. The molecule has 0 bridgehead atoms. The third kappa shape index (κ3) is 10.3. The van der Waals surface area contributed by atoms with Gasteiger partial charge in [0.15, 0.2) is 11.5 Å². The number of ether oxygens (including phenoxy) is 1. The molecule has 1 aromatic rings. The summed E-state index contributed by atoms with van der Waals surface area (Å²) in [6.45, 7) is 5.89. The quantitative estimate of drug-likeness (QED) is 0.197. The first-order valence-electron chi connectivity index (χ1n) is 10.6. The molecule has 1 amide bonds. The van der Waals surface area contributed by atoms with Gasteiger partial charge in [-0.05, 0) is 49.8 Å². The monoisotopic (exact) mass is 470 g/mol. The van der Waals surface area contributed by atoms with Crippen LogP contribution in [-0.4, -0.2) is 37.2 Å². The molecule has 0 fully saturated rings. The molecule has 0 aliphatic heterocycles. The van der Waals surface area contributed by atoms with Crippen molar-refractivity contribution in [2.45, 2.75) is 59.0 Å². The van der Waals surface area contributed by atoms with Gasteiger partial charge >= 0.3 is 13.7 Å². The smallest absolute Gasteiger partial charge is 0.459 e. The van der Waals surface area contributed by atoms with Crippen molar-refractivity contribution in [1.29, 1.82) is 0 Å². The normalized spacial score (nSPS) is 14.2. The Morgan fingerprint density at radius 1 is 1.16 bits per heavy atom. The SMILES string of the molecule is COc1cc(CNC(=O)CCCC/C=C/C(C)C)ccc1OP(=O)(N[C@@H](C)C(=O)O)OC. The van der Waals surface area contributed by atoms with E-state index in [9.17, 15) is 14.2 Å². The molecule has 1 unspecified atom stereocenters. The Morgan fingerprint density at radius 2 is 1.88 bits per heavy atom. The molecule has 0 aliphatic carbocycles. The number of aliphatic carboxylic acids is 1. The Bertz CT molecular complexity index is 826. The van der Waals surface area contributed by atoms with Crippen LogP contribution in [0.1, 0.15) is 52.0 Å². The predicted octanol–water partition coefficient (Wildman–Crippen LogP) is 4.28. The fourth-order valence-corrected chi connectivity index (χ4v) is 3.87. The second-order valence-electron chi connectivity index (χ2n) is 7.64. The third-order valence-corrected chi connectivity index (χ3v) is 6.07. The zero-order valence-corrected chi connectivity index (χ0v) is 20.3. The molecule has 180 valence electrons. The summed E-state index contributed by atoms with van der Waals surface area (Å²) in [6.07, 6.45) is 7.52. The molecule has 1 rings (SSSR count). The second kappa shape index (κ2) is 13.9. The Kier molecular flexibility index (Phi) is 12.1. The van der Waals surface area contributed by atoms with E-state index in [0.717, 1.165) is 31.9 Å². The van der Waals surface area contributed by atoms with Gasteiger partial charge in [-0.1, -0.05) is 32.1 Å². The Hall–Kier alpha value is -2.35. The molecule has 1 aromatic carbocycles. The fraction of sp³-hybridized carbons (Fsp3) is 0.545. The van der Waals surface area contributed by atoms with Gasteiger partial charge in [-0.3, -0.25) is 14.1 Å². The molecule has 3 N–H and O–H groups in total. The van der Waals surface area contributed by atoms with Crippen molar-refractivity contribution in [2.75, 3.05) is 14.2 Å². The molecule has 0 saturated carbocycles. The van der Waals surface area contributed by atoms with E-state index in [1.165, 1.54) is 20.1 Å². The summed E-state index contributed by atoms with van der Waals surface area (Å²) < 4.78 is 28.3. The first-order chi connectivity index (χ1) is 15.1. The number of benzene rings is 1. The van der Waals surface area contributed by atoms with E-state index in [0.29, 0.717) is 18.9 Å². The fourth-order valence-electron chi connectivity index (χ4n) is 2.64. The van der Waals surface area contributed by atoms with E-state index < -0.39 is 19.8 Å². The number of hydrogen-bond acceptors (Lipinski definition) is 6. The number of unbranched alkanes of at least 4 members (excludes halogenated alkanes) is 2. The van der Waals surface area contributed by atoms with Crippen molar-refractivity contribution < 1.29 is 33.0 Å². The van der Waals surface area contributed by atoms with Gasteiger partial charge in [-0.25, -0.2) is 4.57 Å². The zero-order chi connectivity index (χ0) is 24.1. The second-order valence-corrected chi connectivity index (χ2v) is 9.44. The van der Waals surface area contributed by atoms with Crippen LogP contribution in [0.25, 0.3) is 0 Å². The van der Waals surface area contributed by atoms with Crippen molar-refractivity contribution in [3.8, 4) is 11.5 Å². The van der Waals surface area contributed by atoms with Crippen LogP contribution in [-0.2, 0) is 25.2 Å². The number of nitrogens with one attached hydrogen (secondary N) is 2. The van der Waals surface area contributed by atoms with Gasteiger partial charge in [-0.15, -0.1) is 0 Å². The lowest BCUT2D eigenvalue weighted by Gasteiger charge is -2.21. The summed E-state index contributed by atoms with van der Waals surface area (Å²) in [7, 11) is -1.36. The van der Waals surface area contributed by atoms with Crippen LogP contribution < -0.4 is 19.7 Å². The van der Waals surface area contributed by atoms with E-state index in [-0.39, 0.29) is 17.4 Å². The largest absolute Gasteiger partial charge is 0.493 e. The number of rotatable bonds is 15. The van der Waals surface area contributed by atoms with Gasteiger partial charge in [0, 0.05) is 20.1 Å². The molecule has 0 aromatic heterocycles. The van der Waals surface area contributed by atoms with Gasteiger partial charge in [0.25, 0.3) is 0 Å². The molecule has 0 radical (unpaired) electrons. The highest BCUT2D eigenvalue weighted by Crippen LogP contribution is 2.46. The van der Waals surface area contributed by atoms with E-state index in [4.69, 9.17) is 18.9 Å². The van der Waals surface area contributed by atoms with Crippen LogP contribution in [0.4, 0.5) is 0 Å². The van der Waals surface area contributed by atoms with Crippen LogP contribution in [0.3, 0.4) is 0 Å². The molecule has 0 heterocycles. The number of hydrogen-bond donors (Lipinski definition) is 3. The molecule has 0 saturated heterocycles. The molecule has 0 spiro atoms. The first-order valence-corrected chi connectivity index (χ1v) is 12.1. The summed E-state index contributed by atoms with van der Waals surface area (Å²) in [5, 5.41) is 14.2. The number of carbonyl (C=O) groups is 2. The lowest BCUT2D eigenvalue weighted by atomic mass is 10.1. The molecule has 9 nitrogen and oxygen atoms in total. The molecule has 10 heteroatoms. The van der Waals surface area contributed by atoms with Crippen LogP contribution >= 0.6 is 7.75 Å². The van der Waals surface area contributed by atoms with Crippen molar-refractivity contribution in [3.63, 3.8) is 0 Å². The van der Waals surface area contributed by atoms with Crippen molar-refractivity contribution >= 4 is 19.6 Å². The molecule has 0 aliphatic rings. The average Bonchev–Trinajstić information content (AvgIpc) is 2.74. The van der Waals surface area contributed by atoms with Crippen molar-refractivity contribution in [3.05, 3.63) is 35.9 Å². The summed E-state index contributed by atoms with van der Waals surface area (Å²) in [4.78, 5) is 23.1. The van der Waals surface area contributed by atoms with E-state index in [1.807, 2.05) is 0 Å². The standard InChI is InChI=1S/C22H35N2O7P/c1-16(2)10-8-6-7-9-11-21(25)23-15-18-12-13-19(20(14-18)29-4)31-32(28,30-5)24-17(3)22(26)27/h8,10,12-14,16-17H,6-7,9,11,15H2,1-5H3,(H,23,25)(H,24,28)(H,26,27)/b10-8+/t17-,32?/m0/s1. The first kappa shape index (κ1) is 27.7. The van der Waals surface area contributed by atoms with Crippen LogP contribution in [0.15, 0.2) is 30.4 Å². The minimum absolute atomic E-state index is 0.0344. The maximum Gasteiger partial charge on any atom is 0.459 e. The number of amides is 1. The van der Waals surface area contributed by atoms with Crippen LogP contribution in [0.2, 0.25) is 0 Å². The summed E-state index contributed by atoms with van der Waals surface area (Å²) >= 11 is 0. The number of carboxylic acids is 1. The van der Waals surface area contributed by atoms with Gasteiger partial charge in [0.1, 0.15) is 6.04 Å². The third-order valence-electron chi connectivity index (χ3n) is 4.44. The maximum atomic E-state index is 12.7. The van der Waals surface area contributed by atoms with E-state index in [2.05, 4.69) is 36.4 Å².